The van der Waals surface area contributed by atoms with Gasteiger partial charge in [-0.3, -0.25) is 9.59 Å². The second kappa shape index (κ2) is 65.9. The molecule has 0 fully saturated rings. The highest BCUT2D eigenvalue weighted by atomic mass is 16.5. The molecule has 0 aliphatic rings. The van der Waals surface area contributed by atoms with Crippen LogP contribution in [-0.4, -0.2) is 47.4 Å². The highest BCUT2D eigenvalue weighted by molar-refractivity contribution is 5.76. The third kappa shape index (κ3) is 61.6. The molecule has 0 aromatic rings. The Hall–Kier alpha value is -1.66. The molecular weight excluding hydrogens is 935 g/mol. The minimum Gasteiger partial charge on any atom is -0.466 e. The SMILES string of the molecule is CCCCCCCC/C=C\CCCCCCCC(=O)OCCCCCCCCCCCCCCCCCCCCCCCCCCCCC(=O)NC(CO)C(O)/C=C/CCCCCCCCCCCCCCCCCC. The Morgan fingerprint density at radius 2 is 0.618 bits per heavy atom. The van der Waals surface area contributed by atoms with Crippen molar-refractivity contribution in [2.75, 3.05) is 13.2 Å². The minimum atomic E-state index is -0.843. The van der Waals surface area contributed by atoms with Crippen molar-refractivity contribution in [1.29, 1.82) is 0 Å². The average Bonchev–Trinajstić information content (AvgIpc) is 3.42. The molecule has 450 valence electrons. The Morgan fingerprint density at radius 3 is 0.934 bits per heavy atom. The van der Waals surface area contributed by atoms with E-state index in [9.17, 15) is 19.8 Å². The van der Waals surface area contributed by atoms with Crippen molar-refractivity contribution in [1.82, 2.24) is 5.32 Å². The maximum atomic E-state index is 12.5. The molecule has 1 amide bonds. The first kappa shape index (κ1) is 74.3. The molecule has 0 aromatic carbocycles. The summed E-state index contributed by atoms with van der Waals surface area (Å²) in [5, 5.41) is 23.2. The molecule has 3 N–H and O–H groups in total. The number of hydrogen-bond acceptors (Lipinski definition) is 5. The number of ether oxygens (including phenoxy) is 1. The summed E-state index contributed by atoms with van der Waals surface area (Å²) in [7, 11) is 0. The van der Waals surface area contributed by atoms with Crippen LogP contribution in [0.2, 0.25) is 0 Å². The van der Waals surface area contributed by atoms with Crippen LogP contribution in [0.4, 0.5) is 0 Å². The van der Waals surface area contributed by atoms with Gasteiger partial charge in [0.1, 0.15) is 0 Å². The van der Waals surface area contributed by atoms with Crippen molar-refractivity contribution in [2.24, 2.45) is 0 Å². The second-order valence-corrected chi connectivity index (χ2v) is 23.9. The molecule has 2 atom stereocenters. The first-order valence-electron chi connectivity index (χ1n) is 34.6. The lowest BCUT2D eigenvalue weighted by molar-refractivity contribution is -0.143. The van der Waals surface area contributed by atoms with Crippen LogP contribution in [0.5, 0.6) is 0 Å². The fourth-order valence-electron chi connectivity index (χ4n) is 10.9. The highest BCUT2D eigenvalue weighted by Gasteiger charge is 2.18. The largest absolute Gasteiger partial charge is 0.466 e. The molecule has 76 heavy (non-hydrogen) atoms. The minimum absolute atomic E-state index is 0.00957. The summed E-state index contributed by atoms with van der Waals surface area (Å²) >= 11 is 0. The van der Waals surface area contributed by atoms with E-state index in [1.807, 2.05) is 6.08 Å². The molecule has 0 aromatic heterocycles. The van der Waals surface area contributed by atoms with Gasteiger partial charge in [-0.1, -0.05) is 340 Å². The summed E-state index contributed by atoms with van der Waals surface area (Å²) in [5.74, 6) is -0.0529. The molecule has 0 heterocycles. The number of carbonyl (C=O) groups is 2. The number of rotatable bonds is 65. The van der Waals surface area contributed by atoms with Gasteiger partial charge in [0.25, 0.3) is 0 Å². The standard InChI is InChI=1S/C70H135NO5/c1-3-5-7-9-11-13-15-17-19-20-31-35-38-42-46-50-54-58-62-68(73)67(66-72)71-69(74)63-59-55-51-47-43-39-36-32-29-27-25-23-21-22-24-26-28-30-33-37-41-45-49-53-57-61-65-76-70(75)64-60-56-52-48-44-40-34-18-16-14-12-10-8-6-4-2/h18,34,58,62,67-68,72-73H,3-17,19-33,35-57,59-61,63-66H2,1-2H3,(H,71,74)/b34-18-,62-58+. The monoisotopic (exact) mass is 1070 g/mol. The van der Waals surface area contributed by atoms with Gasteiger partial charge in [-0.05, 0) is 57.8 Å². The van der Waals surface area contributed by atoms with Crippen LogP contribution in [0.1, 0.15) is 386 Å². The topological polar surface area (TPSA) is 95.9 Å². The predicted octanol–water partition coefficient (Wildman–Crippen LogP) is 22.1. The number of nitrogens with one attached hydrogen (secondary N) is 1. The molecule has 0 radical (unpaired) electrons. The van der Waals surface area contributed by atoms with Gasteiger partial charge < -0.3 is 20.3 Å². The highest BCUT2D eigenvalue weighted by Crippen LogP contribution is 2.19. The predicted molar refractivity (Wildman–Crippen MR) is 333 cm³/mol. The van der Waals surface area contributed by atoms with Gasteiger partial charge in [-0.15, -0.1) is 0 Å². The van der Waals surface area contributed by atoms with Crippen LogP contribution in [0.25, 0.3) is 0 Å². The lowest BCUT2D eigenvalue weighted by atomic mass is 10.0. The van der Waals surface area contributed by atoms with E-state index in [0.29, 0.717) is 19.4 Å². The van der Waals surface area contributed by atoms with Crippen LogP contribution in [0.15, 0.2) is 24.3 Å². The van der Waals surface area contributed by atoms with E-state index >= 15 is 0 Å². The smallest absolute Gasteiger partial charge is 0.305 e. The van der Waals surface area contributed by atoms with Crippen LogP contribution in [-0.2, 0) is 14.3 Å². The lowest BCUT2D eigenvalue weighted by Crippen LogP contribution is -2.45. The number of unbranched alkanes of at least 4 members (excludes halogenated alkanes) is 52. The zero-order valence-electron chi connectivity index (χ0n) is 51.5. The van der Waals surface area contributed by atoms with E-state index in [0.717, 1.165) is 44.9 Å². The van der Waals surface area contributed by atoms with Crippen molar-refractivity contribution in [2.45, 2.75) is 398 Å². The number of carbonyl (C=O) groups excluding carboxylic acids is 2. The number of amides is 1. The zero-order valence-corrected chi connectivity index (χ0v) is 51.5. The third-order valence-electron chi connectivity index (χ3n) is 16.2. The Morgan fingerprint density at radius 1 is 0.355 bits per heavy atom. The summed E-state index contributed by atoms with van der Waals surface area (Å²) in [5.41, 5.74) is 0. The number of hydrogen-bond donors (Lipinski definition) is 3. The molecule has 0 rings (SSSR count). The van der Waals surface area contributed by atoms with Crippen LogP contribution >= 0.6 is 0 Å². The number of aliphatic hydroxyl groups excluding tert-OH is 2. The Labute approximate surface area is 475 Å². The normalized spacial score (nSPS) is 12.6. The molecule has 0 saturated heterocycles. The van der Waals surface area contributed by atoms with Gasteiger partial charge in [0.15, 0.2) is 0 Å². The van der Waals surface area contributed by atoms with Crippen molar-refractivity contribution in [3.8, 4) is 0 Å². The first-order chi connectivity index (χ1) is 37.5. The van der Waals surface area contributed by atoms with Crippen LogP contribution < -0.4 is 5.32 Å². The Balaban J connectivity index is 3.37. The van der Waals surface area contributed by atoms with Gasteiger partial charge >= 0.3 is 5.97 Å². The maximum absolute atomic E-state index is 12.5. The van der Waals surface area contributed by atoms with Gasteiger partial charge in [-0.2, -0.15) is 0 Å². The quantitative estimate of drug-likeness (QED) is 0.0320. The molecular formula is C70H135NO5. The van der Waals surface area contributed by atoms with E-state index in [1.165, 1.54) is 315 Å². The van der Waals surface area contributed by atoms with E-state index in [2.05, 4.69) is 31.3 Å². The van der Waals surface area contributed by atoms with Crippen molar-refractivity contribution in [3.05, 3.63) is 24.3 Å². The Kier molecular flexibility index (Phi) is 64.4. The van der Waals surface area contributed by atoms with Gasteiger partial charge in [0, 0.05) is 12.8 Å². The van der Waals surface area contributed by atoms with Crippen molar-refractivity contribution < 1.29 is 24.5 Å². The van der Waals surface area contributed by atoms with E-state index in [4.69, 9.17) is 4.74 Å². The van der Waals surface area contributed by atoms with Gasteiger partial charge in [-0.25, -0.2) is 0 Å². The fraction of sp³-hybridized carbons (Fsp3) is 0.914. The molecule has 0 aliphatic carbocycles. The van der Waals surface area contributed by atoms with Crippen molar-refractivity contribution in [3.63, 3.8) is 0 Å². The van der Waals surface area contributed by atoms with E-state index in [1.54, 1.807) is 6.08 Å². The molecule has 6 nitrogen and oxygen atoms in total. The molecule has 0 saturated carbocycles. The van der Waals surface area contributed by atoms with E-state index < -0.39 is 12.1 Å². The average molecular weight is 1070 g/mol. The van der Waals surface area contributed by atoms with Crippen LogP contribution in [0.3, 0.4) is 0 Å². The summed E-state index contributed by atoms with van der Waals surface area (Å²) in [6.45, 7) is 4.93. The van der Waals surface area contributed by atoms with E-state index in [-0.39, 0.29) is 18.5 Å². The zero-order chi connectivity index (χ0) is 55.0. The van der Waals surface area contributed by atoms with Crippen molar-refractivity contribution >= 4 is 11.9 Å². The molecule has 6 heteroatoms. The summed E-state index contributed by atoms with van der Waals surface area (Å²) in [6, 6.07) is -0.626. The van der Waals surface area contributed by atoms with Gasteiger partial charge in [0.05, 0.1) is 25.4 Å². The number of aliphatic hydroxyl groups is 2. The first-order valence-corrected chi connectivity index (χ1v) is 34.6. The summed E-state index contributed by atoms with van der Waals surface area (Å²) in [6.07, 6.45) is 82.5. The maximum Gasteiger partial charge on any atom is 0.305 e. The molecule has 0 bridgehead atoms. The van der Waals surface area contributed by atoms with Gasteiger partial charge in [0.2, 0.25) is 5.91 Å². The summed E-state index contributed by atoms with van der Waals surface area (Å²) < 4.78 is 5.49. The van der Waals surface area contributed by atoms with Crippen LogP contribution in [0, 0.1) is 0 Å². The molecule has 2 unspecified atom stereocenters. The Bertz CT molecular complexity index is 1190. The number of allylic oxidation sites excluding steroid dienone is 3. The second-order valence-electron chi connectivity index (χ2n) is 23.9. The number of esters is 1. The molecule has 0 aliphatic heterocycles. The third-order valence-corrected chi connectivity index (χ3v) is 16.2. The summed E-state index contributed by atoms with van der Waals surface area (Å²) in [4.78, 5) is 24.6. The fourth-order valence-corrected chi connectivity index (χ4v) is 10.9. The molecule has 0 spiro atoms. The lowest BCUT2D eigenvalue weighted by Gasteiger charge is -2.20.